The quantitative estimate of drug-likeness (QED) is 0.698. The summed E-state index contributed by atoms with van der Waals surface area (Å²) in [7, 11) is 0. The van der Waals surface area contributed by atoms with Crippen molar-refractivity contribution in [3.8, 4) is 11.3 Å². The first-order chi connectivity index (χ1) is 10.6. The van der Waals surface area contributed by atoms with Crippen LogP contribution in [0.2, 0.25) is 0 Å². The molecule has 0 spiro atoms. The molecule has 112 valence electrons. The van der Waals surface area contributed by atoms with Gasteiger partial charge in [0.2, 0.25) is 0 Å². The minimum atomic E-state index is -0.520. The lowest BCUT2D eigenvalue weighted by molar-refractivity contribution is 0.0522. The van der Waals surface area contributed by atoms with E-state index in [1.807, 2.05) is 13.0 Å². The fourth-order valence-electron chi connectivity index (χ4n) is 2.26. The lowest BCUT2D eigenvalue weighted by Gasteiger charge is -2.06. The highest BCUT2D eigenvalue weighted by atomic mass is 19.1. The molecule has 0 aliphatic carbocycles. The van der Waals surface area contributed by atoms with E-state index in [0.29, 0.717) is 16.9 Å². The van der Waals surface area contributed by atoms with Gasteiger partial charge in [0, 0.05) is 11.3 Å². The minimum Gasteiger partial charge on any atom is -0.461 e. The Labute approximate surface area is 126 Å². The summed E-state index contributed by atoms with van der Waals surface area (Å²) in [5.74, 6) is -0.857. The van der Waals surface area contributed by atoms with Crippen LogP contribution in [0.3, 0.4) is 0 Å². The molecular formula is C16H14FN3O2. The Kier molecular flexibility index (Phi) is 3.58. The van der Waals surface area contributed by atoms with Crippen molar-refractivity contribution in [2.24, 2.45) is 0 Å². The third-order valence-corrected chi connectivity index (χ3v) is 3.28. The van der Waals surface area contributed by atoms with Gasteiger partial charge in [0.1, 0.15) is 12.1 Å². The molecule has 0 aliphatic heterocycles. The zero-order chi connectivity index (χ0) is 15.7. The third-order valence-electron chi connectivity index (χ3n) is 3.28. The van der Waals surface area contributed by atoms with Crippen molar-refractivity contribution in [2.45, 2.75) is 13.8 Å². The van der Waals surface area contributed by atoms with Crippen LogP contribution in [0, 0.1) is 12.7 Å². The number of hydrogen-bond acceptors (Lipinski definition) is 4. The Morgan fingerprint density at radius 1 is 1.36 bits per heavy atom. The summed E-state index contributed by atoms with van der Waals surface area (Å²) in [5.41, 5.74) is 2.62. The number of benzene rings is 1. The van der Waals surface area contributed by atoms with Crippen LogP contribution < -0.4 is 0 Å². The van der Waals surface area contributed by atoms with E-state index in [-0.39, 0.29) is 18.1 Å². The van der Waals surface area contributed by atoms with Crippen molar-refractivity contribution in [1.29, 1.82) is 0 Å². The van der Waals surface area contributed by atoms with E-state index in [1.165, 1.54) is 18.5 Å². The van der Waals surface area contributed by atoms with Gasteiger partial charge in [-0.1, -0.05) is 12.1 Å². The first-order valence-electron chi connectivity index (χ1n) is 6.88. The molecule has 2 heterocycles. The van der Waals surface area contributed by atoms with Crippen LogP contribution in [0.15, 0.2) is 36.7 Å². The number of esters is 1. The number of ether oxygens (including phenoxy) is 1. The maximum Gasteiger partial charge on any atom is 0.360 e. The SMILES string of the molecule is CCOC(=O)c1ncn2c(C)cc(-c3cccc(F)c3)nc12. The average Bonchev–Trinajstić information content (AvgIpc) is 2.92. The Bertz CT molecular complexity index is 858. The van der Waals surface area contributed by atoms with Gasteiger partial charge in [0.25, 0.3) is 0 Å². The molecule has 0 atom stereocenters. The molecule has 3 rings (SSSR count). The lowest BCUT2D eigenvalue weighted by Crippen LogP contribution is -2.07. The Hall–Kier alpha value is -2.76. The number of fused-ring (bicyclic) bond motifs is 1. The molecule has 0 unspecified atom stereocenters. The van der Waals surface area contributed by atoms with Crippen LogP contribution in [-0.4, -0.2) is 26.9 Å². The summed E-state index contributed by atoms with van der Waals surface area (Å²) in [6.45, 7) is 3.86. The zero-order valence-electron chi connectivity index (χ0n) is 12.2. The van der Waals surface area contributed by atoms with Gasteiger partial charge < -0.3 is 4.74 Å². The van der Waals surface area contributed by atoms with Crippen LogP contribution >= 0.6 is 0 Å². The smallest absolute Gasteiger partial charge is 0.360 e. The number of rotatable bonds is 3. The second-order valence-corrected chi connectivity index (χ2v) is 4.80. The highest BCUT2D eigenvalue weighted by Gasteiger charge is 2.18. The predicted octanol–water partition coefficient (Wildman–Crippen LogP) is 3.02. The molecule has 0 fully saturated rings. The molecule has 6 heteroatoms. The van der Waals surface area contributed by atoms with Crippen molar-refractivity contribution in [3.05, 3.63) is 53.9 Å². The number of carbonyl (C=O) groups excluding carboxylic acids is 1. The third kappa shape index (κ3) is 2.43. The lowest BCUT2D eigenvalue weighted by atomic mass is 10.1. The number of carbonyl (C=O) groups is 1. The Balaban J connectivity index is 2.18. The van der Waals surface area contributed by atoms with Crippen LogP contribution in [0.25, 0.3) is 16.9 Å². The topological polar surface area (TPSA) is 56.5 Å². The molecule has 2 aromatic heterocycles. The molecule has 0 aliphatic rings. The molecule has 0 radical (unpaired) electrons. The summed E-state index contributed by atoms with van der Waals surface area (Å²) in [5, 5.41) is 0. The molecule has 3 aromatic rings. The number of hydrogen-bond donors (Lipinski definition) is 0. The van der Waals surface area contributed by atoms with Gasteiger partial charge in [-0.05, 0) is 32.0 Å². The van der Waals surface area contributed by atoms with Crippen LogP contribution in [0.5, 0.6) is 0 Å². The molecule has 0 saturated heterocycles. The second-order valence-electron chi connectivity index (χ2n) is 4.80. The molecular weight excluding hydrogens is 285 g/mol. The fourth-order valence-corrected chi connectivity index (χ4v) is 2.26. The number of imidazole rings is 1. The van der Waals surface area contributed by atoms with Gasteiger partial charge in [0.15, 0.2) is 11.3 Å². The number of aromatic nitrogens is 3. The Morgan fingerprint density at radius 3 is 2.91 bits per heavy atom. The monoisotopic (exact) mass is 299 g/mol. The zero-order valence-corrected chi connectivity index (χ0v) is 12.2. The van der Waals surface area contributed by atoms with Gasteiger partial charge in [0.05, 0.1) is 12.3 Å². The maximum atomic E-state index is 13.4. The molecule has 5 nitrogen and oxygen atoms in total. The Morgan fingerprint density at radius 2 is 2.18 bits per heavy atom. The molecule has 0 saturated carbocycles. The molecule has 0 amide bonds. The van der Waals surface area contributed by atoms with Crippen LogP contribution in [-0.2, 0) is 4.74 Å². The fraction of sp³-hybridized carbons (Fsp3) is 0.188. The summed E-state index contributed by atoms with van der Waals surface area (Å²) in [6, 6.07) is 7.98. The summed E-state index contributed by atoms with van der Waals surface area (Å²) < 4.78 is 20.1. The van der Waals surface area contributed by atoms with E-state index in [9.17, 15) is 9.18 Å². The summed E-state index contributed by atoms with van der Waals surface area (Å²) in [6.07, 6.45) is 1.53. The molecule has 22 heavy (non-hydrogen) atoms. The van der Waals surface area contributed by atoms with Crippen molar-refractivity contribution in [3.63, 3.8) is 0 Å². The normalized spacial score (nSPS) is 10.9. The van der Waals surface area contributed by atoms with E-state index in [1.54, 1.807) is 23.5 Å². The number of nitrogens with zero attached hydrogens (tertiary/aromatic N) is 3. The van der Waals surface area contributed by atoms with Gasteiger partial charge in [-0.15, -0.1) is 0 Å². The van der Waals surface area contributed by atoms with Gasteiger partial charge >= 0.3 is 5.97 Å². The van der Waals surface area contributed by atoms with E-state index < -0.39 is 5.97 Å². The largest absolute Gasteiger partial charge is 0.461 e. The highest BCUT2D eigenvalue weighted by molar-refractivity contribution is 5.94. The van der Waals surface area contributed by atoms with E-state index in [4.69, 9.17) is 4.74 Å². The van der Waals surface area contributed by atoms with E-state index >= 15 is 0 Å². The summed E-state index contributed by atoms with van der Waals surface area (Å²) >= 11 is 0. The maximum absolute atomic E-state index is 13.4. The molecule has 0 bridgehead atoms. The van der Waals surface area contributed by atoms with Crippen LogP contribution in [0.4, 0.5) is 4.39 Å². The first kappa shape index (κ1) is 14.2. The van der Waals surface area contributed by atoms with Crippen molar-refractivity contribution < 1.29 is 13.9 Å². The van der Waals surface area contributed by atoms with Crippen molar-refractivity contribution >= 4 is 11.6 Å². The van der Waals surface area contributed by atoms with E-state index in [2.05, 4.69) is 9.97 Å². The van der Waals surface area contributed by atoms with Gasteiger partial charge in [-0.3, -0.25) is 4.40 Å². The van der Waals surface area contributed by atoms with Crippen molar-refractivity contribution in [1.82, 2.24) is 14.4 Å². The van der Waals surface area contributed by atoms with Crippen LogP contribution in [0.1, 0.15) is 23.1 Å². The predicted molar refractivity (Wildman–Crippen MR) is 79.1 cm³/mol. The molecule has 0 N–H and O–H groups in total. The average molecular weight is 299 g/mol. The number of aryl methyl sites for hydroxylation is 1. The van der Waals surface area contributed by atoms with Gasteiger partial charge in [-0.25, -0.2) is 19.2 Å². The molecule has 1 aromatic carbocycles. The summed E-state index contributed by atoms with van der Waals surface area (Å²) in [4.78, 5) is 20.5. The minimum absolute atomic E-state index is 0.156. The highest BCUT2D eigenvalue weighted by Crippen LogP contribution is 2.22. The van der Waals surface area contributed by atoms with Crippen molar-refractivity contribution in [2.75, 3.05) is 6.61 Å². The second kappa shape index (κ2) is 5.55. The van der Waals surface area contributed by atoms with E-state index in [0.717, 1.165) is 5.69 Å². The number of halogens is 1. The standard InChI is InChI=1S/C16H14FN3O2/c1-3-22-16(21)14-15-19-13(7-10(2)20(15)9-18-14)11-5-4-6-12(17)8-11/h4-9H,3H2,1-2H3. The first-order valence-corrected chi connectivity index (χ1v) is 6.88. The van der Waals surface area contributed by atoms with Gasteiger partial charge in [-0.2, -0.15) is 0 Å².